The Morgan fingerprint density at radius 1 is 1.56 bits per heavy atom. The summed E-state index contributed by atoms with van der Waals surface area (Å²) in [7, 11) is 1.53. The Morgan fingerprint density at radius 2 is 2.28 bits per heavy atom. The Morgan fingerprint density at radius 3 is 2.83 bits per heavy atom. The molecule has 4 nitrogen and oxygen atoms in total. The number of benzene rings is 1. The van der Waals surface area contributed by atoms with Crippen molar-refractivity contribution in [3.05, 3.63) is 29.3 Å². The molecule has 1 amide bonds. The van der Waals surface area contributed by atoms with Gasteiger partial charge in [-0.2, -0.15) is 5.26 Å². The topological polar surface area (TPSA) is 62.1 Å². The molecule has 1 fully saturated rings. The average molecular weight is 244 g/mol. The highest BCUT2D eigenvalue weighted by Crippen LogP contribution is 2.32. The zero-order valence-corrected chi connectivity index (χ0v) is 10.6. The highest BCUT2D eigenvalue weighted by atomic mass is 16.5. The summed E-state index contributed by atoms with van der Waals surface area (Å²) >= 11 is 0. The third-order valence-electron chi connectivity index (χ3n) is 3.12. The van der Waals surface area contributed by atoms with Crippen LogP contribution in [0.25, 0.3) is 0 Å². The minimum absolute atomic E-state index is 0.242. The fourth-order valence-corrected chi connectivity index (χ4v) is 1.90. The molecule has 0 spiro atoms. The molecular formula is C14H16N2O2. The van der Waals surface area contributed by atoms with Gasteiger partial charge in [0.05, 0.1) is 18.7 Å². The Hall–Kier alpha value is -2.02. The number of rotatable bonds is 4. The number of methoxy groups -OCH3 is 1. The normalized spacial score (nSPS) is 15.6. The fourth-order valence-electron chi connectivity index (χ4n) is 1.90. The van der Waals surface area contributed by atoms with Crippen LogP contribution in [0.1, 0.15) is 28.8 Å². The minimum atomic E-state index is -0.386. The number of hydrogen-bond donors (Lipinski definition) is 1. The summed E-state index contributed by atoms with van der Waals surface area (Å²) in [5.41, 5.74) is 1.47. The van der Waals surface area contributed by atoms with Crippen LogP contribution in [0.3, 0.4) is 0 Å². The van der Waals surface area contributed by atoms with Gasteiger partial charge >= 0.3 is 0 Å². The van der Waals surface area contributed by atoms with Gasteiger partial charge in [-0.15, -0.1) is 0 Å². The molecule has 1 aliphatic rings. The molecule has 1 aromatic carbocycles. The van der Waals surface area contributed by atoms with Gasteiger partial charge in [-0.3, -0.25) is 4.79 Å². The van der Waals surface area contributed by atoms with Crippen molar-refractivity contribution < 1.29 is 9.53 Å². The van der Waals surface area contributed by atoms with E-state index in [4.69, 9.17) is 10.00 Å². The Kier molecular flexibility index (Phi) is 3.52. The molecular weight excluding hydrogens is 228 g/mol. The molecule has 2 rings (SSSR count). The van der Waals surface area contributed by atoms with Crippen LogP contribution in [0.15, 0.2) is 18.2 Å². The fraction of sp³-hybridized carbons (Fsp3) is 0.429. The smallest absolute Gasteiger partial charge is 0.256 e. The van der Waals surface area contributed by atoms with E-state index in [1.807, 2.05) is 13.0 Å². The van der Waals surface area contributed by atoms with Crippen molar-refractivity contribution >= 4 is 5.91 Å². The quantitative estimate of drug-likeness (QED) is 0.881. The van der Waals surface area contributed by atoms with Crippen LogP contribution in [-0.4, -0.2) is 19.1 Å². The lowest BCUT2D eigenvalue weighted by atomic mass is 10.1. The van der Waals surface area contributed by atoms with Crippen molar-refractivity contribution in [2.24, 2.45) is 5.92 Å². The van der Waals surface area contributed by atoms with E-state index in [2.05, 4.69) is 11.4 Å². The number of carbonyl (C=O) groups excluding carboxylic acids is 1. The molecule has 0 aromatic heterocycles. The third kappa shape index (κ3) is 2.62. The van der Waals surface area contributed by atoms with Crippen LogP contribution in [0, 0.1) is 24.2 Å². The molecule has 94 valence electrons. The Bertz CT molecular complexity index is 501. The number of carbonyl (C=O) groups is 1. The van der Waals surface area contributed by atoms with Crippen molar-refractivity contribution in [3.63, 3.8) is 0 Å². The van der Waals surface area contributed by atoms with Crippen molar-refractivity contribution in [1.29, 1.82) is 5.26 Å². The van der Waals surface area contributed by atoms with Gasteiger partial charge in [-0.1, -0.05) is 11.6 Å². The second-order valence-electron chi connectivity index (χ2n) is 4.62. The van der Waals surface area contributed by atoms with E-state index >= 15 is 0 Å². The van der Waals surface area contributed by atoms with Gasteiger partial charge in [0.15, 0.2) is 0 Å². The van der Waals surface area contributed by atoms with Crippen LogP contribution in [0.5, 0.6) is 5.75 Å². The van der Waals surface area contributed by atoms with Gasteiger partial charge in [0.1, 0.15) is 11.8 Å². The second-order valence-corrected chi connectivity index (χ2v) is 4.62. The molecule has 1 unspecified atom stereocenters. The Balaban J connectivity index is 2.17. The summed E-state index contributed by atoms with van der Waals surface area (Å²) < 4.78 is 5.17. The number of aryl methyl sites for hydroxylation is 1. The SMILES string of the molecule is COc1ccc(C)cc1C(=O)NC(C#N)C1CC1. The number of nitriles is 1. The first kappa shape index (κ1) is 12.4. The van der Waals surface area contributed by atoms with Gasteiger partial charge in [0.25, 0.3) is 5.91 Å². The van der Waals surface area contributed by atoms with Crippen molar-refractivity contribution in [2.75, 3.05) is 7.11 Å². The summed E-state index contributed by atoms with van der Waals surface area (Å²) in [6.45, 7) is 1.92. The number of nitrogens with one attached hydrogen (secondary N) is 1. The first-order valence-corrected chi connectivity index (χ1v) is 6.01. The molecule has 4 heteroatoms. The van der Waals surface area contributed by atoms with Crippen LogP contribution in [0.2, 0.25) is 0 Å². The number of nitrogens with zero attached hydrogens (tertiary/aromatic N) is 1. The maximum absolute atomic E-state index is 12.1. The molecule has 1 saturated carbocycles. The van der Waals surface area contributed by atoms with E-state index in [1.165, 1.54) is 7.11 Å². The van der Waals surface area contributed by atoms with Gasteiger partial charge in [0.2, 0.25) is 0 Å². The largest absolute Gasteiger partial charge is 0.496 e. The maximum Gasteiger partial charge on any atom is 0.256 e. The predicted octanol–water partition coefficient (Wildman–Crippen LogP) is 2.04. The third-order valence-corrected chi connectivity index (χ3v) is 3.12. The first-order chi connectivity index (χ1) is 8.65. The number of amides is 1. The summed E-state index contributed by atoms with van der Waals surface area (Å²) in [6.07, 6.45) is 2.03. The van der Waals surface area contributed by atoms with Crippen LogP contribution >= 0.6 is 0 Å². The van der Waals surface area contributed by atoms with E-state index in [1.54, 1.807) is 12.1 Å². The van der Waals surface area contributed by atoms with E-state index in [9.17, 15) is 4.79 Å². The minimum Gasteiger partial charge on any atom is -0.496 e. The van der Waals surface area contributed by atoms with Gasteiger partial charge in [-0.25, -0.2) is 0 Å². The molecule has 1 N–H and O–H groups in total. The molecule has 1 aliphatic carbocycles. The summed E-state index contributed by atoms with van der Waals surface area (Å²) in [5.74, 6) is 0.606. The zero-order valence-electron chi connectivity index (χ0n) is 10.6. The molecule has 0 radical (unpaired) electrons. The van der Waals surface area contributed by atoms with Crippen LogP contribution in [0.4, 0.5) is 0 Å². The molecule has 0 saturated heterocycles. The molecule has 0 heterocycles. The maximum atomic E-state index is 12.1. The first-order valence-electron chi connectivity index (χ1n) is 6.01. The molecule has 1 atom stereocenters. The van der Waals surface area contributed by atoms with Gasteiger partial charge < -0.3 is 10.1 Å². The van der Waals surface area contributed by atoms with E-state index in [-0.39, 0.29) is 11.9 Å². The van der Waals surface area contributed by atoms with Crippen LogP contribution in [-0.2, 0) is 0 Å². The highest BCUT2D eigenvalue weighted by Gasteiger charge is 2.32. The zero-order chi connectivity index (χ0) is 13.1. The van der Waals surface area contributed by atoms with Crippen LogP contribution < -0.4 is 10.1 Å². The lowest BCUT2D eigenvalue weighted by Crippen LogP contribution is -2.35. The van der Waals surface area contributed by atoms with E-state index < -0.39 is 0 Å². The number of ether oxygens (including phenoxy) is 1. The van der Waals surface area contributed by atoms with Crippen molar-refractivity contribution in [2.45, 2.75) is 25.8 Å². The van der Waals surface area contributed by atoms with Gasteiger partial charge in [-0.05, 0) is 37.8 Å². The average Bonchev–Trinajstić information content (AvgIpc) is 3.19. The monoisotopic (exact) mass is 244 g/mol. The van der Waals surface area contributed by atoms with E-state index in [0.29, 0.717) is 17.2 Å². The lowest BCUT2D eigenvalue weighted by Gasteiger charge is -2.13. The standard InChI is InChI=1S/C14H16N2O2/c1-9-3-6-13(18-2)11(7-9)14(17)16-12(8-15)10-4-5-10/h3,6-7,10,12H,4-5H2,1-2H3,(H,16,17). The van der Waals surface area contributed by atoms with Gasteiger partial charge in [0, 0.05) is 0 Å². The summed E-state index contributed by atoms with van der Waals surface area (Å²) in [4.78, 5) is 12.1. The number of hydrogen-bond acceptors (Lipinski definition) is 3. The molecule has 0 bridgehead atoms. The molecule has 1 aromatic rings. The summed E-state index contributed by atoms with van der Waals surface area (Å²) in [6, 6.07) is 7.18. The molecule has 18 heavy (non-hydrogen) atoms. The predicted molar refractivity (Wildman–Crippen MR) is 67.3 cm³/mol. The van der Waals surface area contributed by atoms with Crippen molar-refractivity contribution in [3.8, 4) is 11.8 Å². The Labute approximate surface area is 107 Å². The summed E-state index contributed by atoms with van der Waals surface area (Å²) in [5, 5.41) is 11.8. The lowest BCUT2D eigenvalue weighted by molar-refractivity contribution is 0.0938. The molecule has 0 aliphatic heterocycles. The second kappa shape index (κ2) is 5.09. The van der Waals surface area contributed by atoms with E-state index in [0.717, 1.165) is 18.4 Å². The highest BCUT2D eigenvalue weighted by molar-refractivity contribution is 5.97. The van der Waals surface area contributed by atoms with Crippen molar-refractivity contribution in [1.82, 2.24) is 5.32 Å².